The van der Waals surface area contributed by atoms with Crippen molar-refractivity contribution in [1.82, 2.24) is 5.16 Å². The molecule has 0 saturated carbocycles. The van der Waals surface area contributed by atoms with Crippen molar-refractivity contribution in [2.45, 2.75) is 40.4 Å². The maximum absolute atomic E-state index is 12.4. The van der Waals surface area contributed by atoms with E-state index in [0.29, 0.717) is 35.1 Å². The van der Waals surface area contributed by atoms with Gasteiger partial charge in [-0.15, -0.1) is 0 Å². The van der Waals surface area contributed by atoms with Crippen LogP contribution in [0.4, 0.5) is 11.4 Å². The van der Waals surface area contributed by atoms with E-state index in [1.807, 2.05) is 13.8 Å². The molecule has 0 radical (unpaired) electrons. The lowest BCUT2D eigenvalue weighted by molar-refractivity contribution is -0.123. The van der Waals surface area contributed by atoms with Crippen molar-refractivity contribution in [3.8, 4) is 5.75 Å². The first kappa shape index (κ1) is 23.5. The molecule has 1 aromatic heterocycles. The Labute approximate surface area is 191 Å². The zero-order chi connectivity index (χ0) is 24.0. The van der Waals surface area contributed by atoms with Crippen molar-refractivity contribution in [2.24, 2.45) is 0 Å². The SMILES string of the molecule is CC(=O)Nc1ccc(NC(=O)[C@@H](C)OC(=O)c2ccc(OCc3c(C)noc3C)cc2)cc1. The van der Waals surface area contributed by atoms with Gasteiger partial charge in [0, 0.05) is 18.3 Å². The van der Waals surface area contributed by atoms with Crippen molar-refractivity contribution in [1.29, 1.82) is 0 Å². The van der Waals surface area contributed by atoms with E-state index in [0.717, 1.165) is 11.3 Å². The maximum atomic E-state index is 12.4. The van der Waals surface area contributed by atoms with Crippen molar-refractivity contribution in [3.05, 3.63) is 71.1 Å². The van der Waals surface area contributed by atoms with Gasteiger partial charge in [-0.05, 0) is 69.3 Å². The largest absolute Gasteiger partial charge is 0.489 e. The molecule has 172 valence electrons. The van der Waals surface area contributed by atoms with Gasteiger partial charge in [-0.1, -0.05) is 5.16 Å². The second-order valence-electron chi connectivity index (χ2n) is 7.41. The monoisotopic (exact) mass is 451 g/mol. The van der Waals surface area contributed by atoms with Crippen LogP contribution in [0.5, 0.6) is 5.75 Å². The summed E-state index contributed by atoms with van der Waals surface area (Å²) in [4.78, 5) is 35.8. The van der Waals surface area contributed by atoms with Crippen LogP contribution in [0.1, 0.15) is 41.2 Å². The van der Waals surface area contributed by atoms with Gasteiger partial charge < -0.3 is 24.6 Å². The van der Waals surface area contributed by atoms with Gasteiger partial charge in [-0.2, -0.15) is 0 Å². The van der Waals surface area contributed by atoms with E-state index in [1.54, 1.807) is 48.5 Å². The Morgan fingerprint density at radius 3 is 2.12 bits per heavy atom. The molecule has 9 nitrogen and oxygen atoms in total. The van der Waals surface area contributed by atoms with Gasteiger partial charge in [-0.3, -0.25) is 9.59 Å². The van der Waals surface area contributed by atoms with Gasteiger partial charge in [-0.25, -0.2) is 4.79 Å². The molecule has 2 N–H and O–H groups in total. The summed E-state index contributed by atoms with van der Waals surface area (Å²) >= 11 is 0. The fraction of sp³-hybridized carbons (Fsp3) is 0.250. The molecular weight excluding hydrogens is 426 g/mol. The van der Waals surface area contributed by atoms with E-state index in [-0.39, 0.29) is 5.91 Å². The van der Waals surface area contributed by atoms with E-state index in [9.17, 15) is 14.4 Å². The number of benzene rings is 2. The summed E-state index contributed by atoms with van der Waals surface area (Å²) in [5.74, 6) is -0.0259. The number of hydrogen-bond acceptors (Lipinski definition) is 7. The third-order valence-corrected chi connectivity index (χ3v) is 4.78. The molecule has 2 amide bonds. The van der Waals surface area contributed by atoms with Gasteiger partial charge in [0.1, 0.15) is 18.1 Å². The number of hydrogen-bond donors (Lipinski definition) is 2. The Morgan fingerprint density at radius 1 is 0.970 bits per heavy atom. The van der Waals surface area contributed by atoms with Gasteiger partial charge in [0.25, 0.3) is 5.91 Å². The predicted molar refractivity (Wildman–Crippen MR) is 121 cm³/mol. The molecule has 3 aromatic rings. The van der Waals surface area contributed by atoms with Crippen LogP contribution in [0.3, 0.4) is 0 Å². The zero-order valence-electron chi connectivity index (χ0n) is 18.8. The zero-order valence-corrected chi connectivity index (χ0v) is 18.8. The molecular formula is C24H25N3O6. The quantitative estimate of drug-likeness (QED) is 0.497. The van der Waals surface area contributed by atoms with Crippen LogP contribution in [0.2, 0.25) is 0 Å². The fourth-order valence-electron chi connectivity index (χ4n) is 2.92. The van der Waals surface area contributed by atoms with Gasteiger partial charge in [0.2, 0.25) is 5.91 Å². The number of nitrogens with zero attached hydrogens (tertiary/aromatic N) is 1. The van der Waals surface area contributed by atoms with Crippen molar-refractivity contribution in [3.63, 3.8) is 0 Å². The molecule has 0 aliphatic carbocycles. The first-order chi connectivity index (χ1) is 15.7. The Hall–Kier alpha value is -4.14. The highest BCUT2D eigenvalue weighted by atomic mass is 16.5. The second kappa shape index (κ2) is 10.4. The van der Waals surface area contributed by atoms with Gasteiger partial charge >= 0.3 is 5.97 Å². The first-order valence-electron chi connectivity index (χ1n) is 10.3. The lowest BCUT2D eigenvalue weighted by Crippen LogP contribution is -2.30. The summed E-state index contributed by atoms with van der Waals surface area (Å²) in [5, 5.41) is 9.19. The maximum Gasteiger partial charge on any atom is 0.338 e. The lowest BCUT2D eigenvalue weighted by atomic mass is 10.2. The number of esters is 1. The van der Waals surface area contributed by atoms with E-state index >= 15 is 0 Å². The van der Waals surface area contributed by atoms with E-state index in [1.165, 1.54) is 13.8 Å². The molecule has 0 fully saturated rings. The predicted octanol–water partition coefficient (Wildman–Crippen LogP) is 4.01. The Morgan fingerprint density at radius 2 is 1.58 bits per heavy atom. The molecule has 0 spiro atoms. The van der Waals surface area contributed by atoms with Gasteiger partial charge in [0.05, 0.1) is 16.8 Å². The summed E-state index contributed by atoms with van der Waals surface area (Å²) < 4.78 is 16.1. The highest BCUT2D eigenvalue weighted by Gasteiger charge is 2.19. The molecule has 2 aromatic carbocycles. The lowest BCUT2D eigenvalue weighted by Gasteiger charge is -2.14. The standard InChI is InChI=1S/C24H25N3O6/c1-14-22(15(2)33-27-14)13-31-21-11-5-18(6-12-21)24(30)32-16(3)23(29)26-20-9-7-19(8-10-20)25-17(4)28/h5-12,16H,13H2,1-4H3,(H,25,28)(H,26,29)/t16-/m1/s1. The van der Waals surface area contributed by atoms with Crippen LogP contribution in [0, 0.1) is 13.8 Å². The Bertz CT molecular complexity index is 1120. The van der Waals surface area contributed by atoms with Crippen LogP contribution >= 0.6 is 0 Å². The average molecular weight is 451 g/mol. The molecule has 9 heteroatoms. The number of rotatable bonds is 8. The summed E-state index contributed by atoms with van der Waals surface area (Å²) in [6, 6.07) is 13.0. The van der Waals surface area contributed by atoms with Crippen molar-refractivity contribution < 1.29 is 28.4 Å². The highest BCUT2D eigenvalue weighted by Crippen LogP contribution is 2.19. The summed E-state index contributed by atoms with van der Waals surface area (Å²) in [6.45, 7) is 6.85. The molecule has 1 atom stereocenters. The molecule has 0 aliphatic rings. The van der Waals surface area contributed by atoms with E-state index < -0.39 is 18.0 Å². The second-order valence-corrected chi connectivity index (χ2v) is 7.41. The Kier molecular flexibility index (Phi) is 7.45. The van der Waals surface area contributed by atoms with Crippen LogP contribution in [-0.2, 0) is 20.9 Å². The fourth-order valence-corrected chi connectivity index (χ4v) is 2.92. The van der Waals surface area contributed by atoms with Crippen LogP contribution in [0.15, 0.2) is 53.1 Å². The van der Waals surface area contributed by atoms with Crippen LogP contribution < -0.4 is 15.4 Å². The summed E-state index contributed by atoms with van der Waals surface area (Å²) in [5.41, 5.74) is 3.06. The molecule has 1 heterocycles. The Balaban J connectivity index is 1.51. The van der Waals surface area contributed by atoms with Crippen molar-refractivity contribution in [2.75, 3.05) is 10.6 Å². The topological polar surface area (TPSA) is 120 Å². The molecule has 0 unspecified atom stereocenters. The van der Waals surface area contributed by atoms with Crippen LogP contribution in [-0.4, -0.2) is 29.0 Å². The third-order valence-electron chi connectivity index (χ3n) is 4.78. The van der Waals surface area contributed by atoms with Gasteiger partial charge in [0.15, 0.2) is 6.10 Å². The van der Waals surface area contributed by atoms with E-state index in [2.05, 4.69) is 15.8 Å². The minimum atomic E-state index is -1.01. The van der Waals surface area contributed by atoms with Crippen LogP contribution in [0.25, 0.3) is 0 Å². The minimum Gasteiger partial charge on any atom is -0.489 e. The van der Waals surface area contributed by atoms with E-state index in [4.69, 9.17) is 14.0 Å². The molecule has 0 aliphatic heterocycles. The smallest absolute Gasteiger partial charge is 0.338 e. The number of aryl methyl sites for hydroxylation is 2. The molecule has 0 saturated heterocycles. The molecule has 33 heavy (non-hydrogen) atoms. The number of aromatic nitrogens is 1. The number of ether oxygens (including phenoxy) is 2. The molecule has 0 bridgehead atoms. The third kappa shape index (κ3) is 6.42. The molecule has 3 rings (SSSR count). The minimum absolute atomic E-state index is 0.188. The van der Waals surface area contributed by atoms with Crippen molar-refractivity contribution >= 4 is 29.2 Å². The number of carbonyl (C=O) groups is 3. The number of nitrogens with one attached hydrogen (secondary N) is 2. The first-order valence-corrected chi connectivity index (χ1v) is 10.3. The normalized spacial score (nSPS) is 11.4. The number of anilines is 2. The number of amides is 2. The highest BCUT2D eigenvalue weighted by molar-refractivity contribution is 5.97. The average Bonchev–Trinajstić information content (AvgIpc) is 3.10. The summed E-state index contributed by atoms with van der Waals surface area (Å²) in [6.07, 6.45) is -1.01. The summed E-state index contributed by atoms with van der Waals surface area (Å²) in [7, 11) is 0. The number of carbonyl (C=O) groups excluding carboxylic acids is 3.